The van der Waals surface area contributed by atoms with Gasteiger partial charge in [-0.3, -0.25) is 0 Å². The monoisotopic (exact) mass is 399 g/mol. The molecule has 1 N–H and O–H groups in total. The standard InChI is InChI=1S/C24H25N5O/c25-13-17-11-15-9-10-30-14-20(15)28-24(17)29-21-8-4-1-5-16(21)12-22(29)23-26-18-6-2-3-7-19(18)27-23/h2-3,6-7,11,16,21-22H,1,4-5,8-10,12,14H2,(H,26,27). The lowest BCUT2D eigenvalue weighted by Gasteiger charge is -2.35. The lowest BCUT2D eigenvalue weighted by Crippen LogP contribution is -2.37. The van der Waals surface area contributed by atoms with Gasteiger partial charge in [0.25, 0.3) is 0 Å². The molecule has 3 unspecified atom stereocenters. The zero-order valence-electron chi connectivity index (χ0n) is 17.0. The van der Waals surface area contributed by atoms with Gasteiger partial charge in [-0.15, -0.1) is 0 Å². The van der Waals surface area contributed by atoms with Gasteiger partial charge in [-0.25, -0.2) is 9.97 Å². The molecule has 6 heteroatoms. The Kier molecular flexibility index (Phi) is 4.24. The van der Waals surface area contributed by atoms with Gasteiger partial charge in [-0.1, -0.05) is 25.0 Å². The molecular formula is C24H25N5O. The predicted octanol–water partition coefficient (Wildman–Crippen LogP) is 4.41. The molecule has 0 spiro atoms. The molecule has 1 saturated carbocycles. The molecule has 152 valence electrons. The Morgan fingerprint density at radius 1 is 1.17 bits per heavy atom. The summed E-state index contributed by atoms with van der Waals surface area (Å²) in [5, 5.41) is 9.98. The Morgan fingerprint density at radius 3 is 2.97 bits per heavy atom. The summed E-state index contributed by atoms with van der Waals surface area (Å²) in [7, 11) is 0. The second-order valence-corrected chi connectivity index (χ2v) is 8.79. The van der Waals surface area contributed by atoms with Crippen molar-refractivity contribution < 1.29 is 4.74 Å². The number of ether oxygens (including phenoxy) is 1. The fraction of sp³-hybridized carbons (Fsp3) is 0.458. The molecular weight excluding hydrogens is 374 g/mol. The van der Waals surface area contributed by atoms with Crippen LogP contribution < -0.4 is 4.90 Å². The lowest BCUT2D eigenvalue weighted by molar-refractivity contribution is 0.107. The molecule has 6 nitrogen and oxygen atoms in total. The van der Waals surface area contributed by atoms with E-state index in [1.165, 1.54) is 19.3 Å². The number of aromatic amines is 1. The maximum absolute atomic E-state index is 9.98. The number of hydrogen-bond acceptors (Lipinski definition) is 5. The number of hydrogen-bond donors (Lipinski definition) is 1. The number of nitriles is 1. The van der Waals surface area contributed by atoms with Crippen LogP contribution in [0.2, 0.25) is 0 Å². The number of H-pyrrole nitrogens is 1. The number of pyridine rings is 1. The van der Waals surface area contributed by atoms with E-state index in [9.17, 15) is 5.26 Å². The molecule has 0 amide bonds. The van der Waals surface area contributed by atoms with Gasteiger partial charge in [-0.05, 0) is 55.4 Å². The molecule has 6 rings (SSSR count). The first-order valence-electron chi connectivity index (χ1n) is 11.1. The SMILES string of the molecule is N#Cc1cc2c(nc1N1C(c3nc4ccccc4[nH]3)CC3CCCCC31)COCC2. The summed E-state index contributed by atoms with van der Waals surface area (Å²) in [4.78, 5) is 15.9. The van der Waals surface area contributed by atoms with Crippen LogP contribution in [0.1, 0.15) is 60.8 Å². The van der Waals surface area contributed by atoms with E-state index in [4.69, 9.17) is 14.7 Å². The minimum absolute atomic E-state index is 0.118. The van der Waals surface area contributed by atoms with E-state index >= 15 is 0 Å². The molecule has 3 atom stereocenters. The minimum Gasteiger partial charge on any atom is -0.375 e. The zero-order valence-corrected chi connectivity index (χ0v) is 17.0. The molecule has 1 aliphatic carbocycles. The highest BCUT2D eigenvalue weighted by molar-refractivity contribution is 5.75. The third-order valence-corrected chi connectivity index (χ3v) is 7.10. The van der Waals surface area contributed by atoms with E-state index in [0.29, 0.717) is 30.7 Å². The summed E-state index contributed by atoms with van der Waals surface area (Å²) in [6, 6.07) is 13.2. The van der Waals surface area contributed by atoms with E-state index in [-0.39, 0.29) is 6.04 Å². The van der Waals surface area contributed by atoms with Gasteiger partial charge in [-0.2, -0.15) is 5.26 Å². The average Bonchev–Trinajstić information content (AvgIpc) is 3.39. The van der Waals surface area contributed by atoms with Gasteiger partial charge in [0.2, 0.25) is 0 Å². The maximum atomic E-state index is 9.98. The lowest BCUT2D eigenvalue weighted by atomic mass is 9.84. The fourth-order valence-electron chi connectivity index (χ4n) is 5.69. The van der Waals surface area contributed by atoms with Gasteiger partial charge >= 0.3 is 0 Å². The summed E-state index contributed by atoms with van der Waals surface area (Å²) in [6.45, 7) is 1.24. The Balaban J connectivity index is 1.49. The highest BCUT2D eigenvalue weighted by Gasteiger charge is 2.45. The van der Waals surface area contributed by atoms with Crippen molar-refractivity contribution in [2.24, 2.45) is 5.92 Å². The van der Waals surface area contributed by atoms with Crippen LogP contribution in [0.4, 0.5) is 5.82 Å². The Bertz CT molecular complexity index is 1110. The van der Waals surface area contributed by atoms with Gasteiger partial charge in [0.15, 0.2) is 0 Å². The zero-order chi connectivity index (χ0) is 20.1. The molecule has 4 heterocycles. The Morgan fingerprint density at radius 2 is 2.07 bits per heavy atom. The second-order valence-electron chi connectivity index (χ2n) is 8.79. The molecule has 3 aromatic rings. The number of fused-ring (bicyclic) bond motifs is 3. The first-order chi connectivity index (χ1) is 14.8. The summed E-state index contributed by atoms with van der Waals surface area (Å²) < 4.78 is 5.66. The summed E-state index contributed by atoms with van der Waals surface area (Å²) in [5.41, 5.74) is 4.88. The number of rotatable bonds is 2. The topological polar surface area (TPSA) is 77.8 Å². The van der Waals surface area contributed by atoms with Crippen molar-refractivity contribution in [1.82, 2.24) is 15.0 Å². The molecule has 30 heavy (non-hydrogen) atoms. The first-order valence-corrected chi connectivity index (χ1v) is 11.1. The normalized spacial score (nSPS) is 25.7. The minimum atomic E-state index is 0.118. The summed E-state index contributed by atoms with van der Waals surface area (Å²) in [6.07, 6.45) is 6.81. The number of para-hydroxylation sites is 2. The van der Waals surface area contributed by atoms with E-state index in [1.54, 1.807) is 0 Å². The van der Waals surface area contributed by atoms with E-state index in [2.05, 4.69) is 28.1 Å². The largest absolute Gasteiger partial charge is 0.375 e. The van der Waals surface area contributed by atoms with Crippen molar-refractivity contribution in [1.29, 1.82) is 5.26 Å². The van der Waals surface area contributed by atoms with E-state index in [0.717, 1.165) is 53.2 Å². The van der Waals surface area contributed by atoms with Crippen LogP contribution in [0.15, 0.2) is 30.3 Å². The Hall–Kier alpha value is -2.91. The quantitative estimate of drug-likeness (QED) is 0.690. The molecule has 2 fully saturated rings. The van der Waals surface area contributed by atoms with Crippen LogP contribution in [-0.4, -0.2) is 27.6 Å². The van der Waals surface area contributed by atoms with Crippen LogP contribution in [0, 0.1) is 17.2 Å². The molecule has 2 aliphatic heterocycles. The second kappa shape index (κ2) is 7.10. The fourth-order valence-corrected chi connectivity index (χ4v) is 5.69. The number of anilines is 1. The summed E-state index contributed by atoms with van der Waals surface area (Å²) in [5.74, 6) is 2.43. The van der Waals surface area contributed by atoms with Crippen LogP contribution in [0.25, 0.3) is 11.0 Å². The predicted molar refractivity (Wildman–Crippen MR) is 114 cm³/mol. The van der Waals surface area contributed by atoms with Crippen molar-refractivity contribution in [2.45, 2.75) is 57.2 Å². The first kappa shape index (κ1) is 17.9. The molecule has 1 saturated heterocycles. The number of imidazole rings is 1. The molecule has 0 radical (unpaired) electrons. The van der Waals surface area contributed by atoms with Gasteiger partial charge in [0.05, 0.1) is 41.5 Å². The van der Waals surface area contributed by atoms with Crippen molar-refractivity contribution in [3.63, 3.8) is 0 Å². The van der Waals surface area contributed by atoms with E-state index < -0.39 is 0 Å². The van der Waals surface area contributed by atoms with E-state index in [1.807, 2.05) is 18.2 Å². The number of nitrogens with zero attached hydrogens (tertiary/aromatic N) is 4. The van der Waals surface area contributed by atoms with Gasteiger partial charge in [0.1, 0.15) is 17.7 Å². The highest BCUT2D eigenvalue weighted by atomic mass is 16.5. The van der Waals surface area contributed by atoms with Gasteiger partial charge < -0.3 is 14.6 Å². The number of benzene rings is 1. The molecule has 2 aromatic heterocycles. The number of aromatic nitrogens is 3. The Labute approximate surface area is 175 Å². The van der Waals surface area contributed by atoms with Gasteiger partial charge in [0, 0.05) is 6.04 Å². The van der Waals surface area contributed by atoms with Crippen molar-refractivity contribution in [2.75, 3.05) is 11.5 Å². The molecule has 0 bridgehead atoms. The van der Waals surface area contributed by atoms with Crippen molar-refractivity contribution in [3.05, 3.63) is 53.0 Å². The maximum Gasteiger partial charge on any atom is 0.147 e. The van der Waals surface area contributed by atoms with Crippen LogP contribution >= 0.6 is 0 Å². The number of nitrogens with one attached hydrogen (secondary N) is 1. The highest BCUT2D eigenvalue weighted by Crippen LogP contribution is 2.48. The summed E-state index contributed by atoms with van der Waals surface area (Å²) >= 11 is 0. The van der Waals surface area contributed by atoms with Crippen molar-refractivity contribution in [3.8, 4) is 6.07 Å². The van der Waals surface area contributed by atoms with Crippen LogP contribution in [0.5, 0.6) is 0 Å². The molecule has 1 aromatic carbocycles. The van der Waals surface area contributed by atoms with Crippen LogP contribution in [0.3, 0.4) is 0 Å². The average molecular weight is 399 g/mol. The smallest absolute Gasteiger partial charge is 0.147 e. The third kappa shape index (κ3) is 2.80. The van der Waals surface area contributed by atoms with Crippen LogP contribution in [-0.2, 0) is 17.8 Å². The molecule has 3 aliphatic rings. The van der Waals surface area contributed by atoms with Crippen molar-refractivity contribution >= 4 is 16.9 Å². The third-order valence-electron chi connectivity index (χ3n) is 7.10.